The number of aryl methyl sites for hydroxylation is 2. The third-order valence-electron chi connectivity index (χ3n) is 2.34. The molecule has 3 heteroatoms. The van der Waals surface area contributed by atoms with Crippen molar-refractivity contribution in [2.45, 2.75) is 33.6 Å². The Morgan fingerprint density at radius 3 is 2.38 bits per heavy atom. The van der Waals surface area contributed by atoms with Crippen molar-refractivity contribution in [1.82, 2.24) is 0 Å². The first-order valence-electron chi connectivity index (χ1n) is 5.39. The number of ketones is 1. The Morgan fingerprint density at radius 1 is 1.31 bits per heavy atom. The number of benzene rings is 1. The van der Waals surface area contributed by atoms with E-state index in [0.29, 0.717) is 13.0 Å². The van der Waals surface area contributed by atoms with Crippen LogP contribution in [-0.4, -0.2) is 12.4 Å². The van der Waals surface area contributed by atoms with Crippen LogP contribution in [-0.2, 0) is 4.79 Å². The van der Waals surface area contributed by atoms with Gasteiger partial charge in [-0.25, -0.2) is 0 Å². The maximum absolute atomic E-state index is 10.8. The molecule has 0 atom stereocenters. The van der Waals surface area contributed by atoms with Crippen LogP contribution < -0.4 is 4.74 Å². The fraction of sp³-hybridized carbons (Fsp3) is 0.462. The molecule has 0 heterocycles. The molecule has 0 N–H and O–H groups in total. The molecule has 88 valence electrons. The zero-order valence-electron chi connectivity index (χ0n) is 9.97. The van der Waals surface area contributed by atoms with Crippen molar-refractivity contribution in [3.05, 3.63) is 28.3 Å². The van der Waals surface area contributed by atoms with Gasteiger partial charge in [0.25, 0.3) is 0 Å². The van der Waals surface area contributed by atoms with Crippen molar-refractivity contribution in [2.75, 3.05) is 6.61 Å². The molecule has 0 amide bonds. The van der Waals surface area contributed by atoms with Crippen LogP contribution in [0.3, 0.4) is 0 Å². The van der Waals surface area contributed by atoms with Crippen molar-refractivity contribution in [3.8, 4) is 5.75 Å². The number of hydrogen-bond acceptors (Lipinski definition) is 2. The lowest BCUT2D eigenvalue weighted by Crippen LogP contribution is -2.02. The Morgan fingerprint density at radius 2 is 1.88 bits per heavy atom. The average Bonchev–Trinajstić information content (AvgIpc) is 2.14. The first-order valence-corrected chi connectivity index (χ1v) is 5.77. The summed E-state index contributed by atoms with van der Waals surface area (Å²) in [6.45, 7) is 6.11. The molecule has 0 saturated heterocycles. The van der Waals surface area contributed by atoms with Crippen molar-refractivity contribution >= 4 is 17.4 Å². The molecule has 0 bridgehead atoms. The number of carbonyl (C=O) groups excluding carboxylic acids is 1. The molecule has 0 fully saturated rings. The lowest BCUT2D eigenvalue weighted by atomic mass is 10.1. The van der Waals surface area contributed by atoms with Crippen LogP contribution >= 0.6 is 11.6 Å². The number of ether oxygens (including phenoxy) is 1. The minimum atomic E-state index is 0.202. The molecule has 0 unspecified atom stereocenters. The molecule has 16 heavy (non-hydrogen) atoms. The smallest absolute Gasteiger partial charge is 0.129 e. The third-order valence-corrected chi connectivity index (χ3v) is 2.56. The van der Waals surface area contributed by atoms with E-state index in [-0.39, 0.29) is 5.78 Å². The van der Waals surface area contributed by atoms with E-state index >= 15 is 0 Å². The molecule has 1 aromatic carbocycles. The van der Waals surface area contributed by atoms with Crippen molar-refractivity contribution < 1.29 is 9.53 Å². The maximum Gasteiger partial charge on any atom is 0.129 e. The van der Waals surface area contributed by atoms with Crippen LogP contribution in [0.2, 0.25) is 5.02 Å². The van der Waals surface area contributed by atoms with E-state index < -0.39 is 0 Å². The van der Waals surface area contributed by atoms with Crippen LogP contribution in [0.1, 0.15) is 30.9 Å². The highest BCUT2D eigenvalue weighted by atomic mass is 35.5. The molecule has 0 aliphatic rings. The molecule has 0 spiro atoms. The minimum absolute atomic E-state index is 0.202. The Balaban J connectivity index is 2.57. The van der Waals surface area contributed by atoms with Gasteiger partial charge in [0.1, 0.15) is 11.5 Å². The van der Waals surface area contributed by atoms with Gasteiger partial charge in [-0.1, -0.05) is 11.6 Å². The molecular weight excluding hydrogens is 224 g/mol. The minimum Gasteiger partial charge on any atom is -0.493 e. The molecule has 2 nitrogen and oxygen atoms in total. The number of halogens is 1. The van der Waals surface area contributed by atoms with Gasteiger partial charge in [0.05, 0.1) is 6.61 Å². The number of rotatable bonds is 5. The molecular formula is C13H17ClO2. The molecule has 1 aromatic rings. The Labute approximate surface area is 102 Å². The van der Waals surface area contributed by atoms with Gasteiger partial charge < -0.3 is 9.53 Å². The van der Waals surface area contributed by atoms with Crippen molar-refractivity contribution in [2.24, 2.45) is 0 Å². The monoisotopic (exact) mass is 240 g/mol. The summed E-state index contributed by atoms with van der Waals surface area (Å²) in [6, 6.07) is 3.77. The van der Waals surface area contributed by atoms with Gasteiger partial charge in [-0.15, -0.1) is 0 Å². The van der Waals surface area contributed by atoms with Gasteiger partial charge >= 0.3 is 0 Å². The Kier molecular flexibility index (Phi) is 4.81. The van der Waals surface area contributed by atoms with Gasteiger partial charge in [0.15, 0.2) is 0 Å². The second-order valence-electron chi connectivity index (χ2n) is 4.02. The van der Waals surface area contributed by atoms with Gasteiger partial charge in [-0.3, -0.25) is 0 Å². The fourth-order valence-corrected chi connectivity index (χ4v) is 1.95. The highest BCUT2D eigenvalue weighted by molar-refractivity contribution is 6.30. The van der Waals surface area contributed by atoms with Crippen LogP contribution in [0.15, 0.2) is 12.1 Å². The molecule has 0 aliphatic carbocycles. The van der Waals surface area contributed by atoms with E-state index in [0.717, 1.165) is 28.3 Å². The first-order chi connectivity index (χ1) is 7.50. The zero-order chi connectivity index (χ0) is 12.1. The van der Waals surface area contributed by atoms with Crippen molar-refractivity contribution in [3.63, 3.8) is 0 Å². The fourth-order valence-electron chi connectivity index (χ4n) is 1.62. The van der Waals surface area contributed by atoms with E-state index in [4.69, 9.17) is 16.3 Å². The summed E-state index contributed by atoms with van der Waals surface area (Å²) in [5, 5.41) is 0.728. The molecule has 1 rings (SSSR count). The Hall–Kier alpha value is -1.02. The van der Waals surface area contributed by atoms with E-state index in [1.54, 1.807) is 6.92 Å². The van der Waals surface area contributed by atoms with Crippen LogP contribution in [0.4, 0.5) is 0 Å². The summed E-state index contributed by atoms with van der Waals surface area (Å²) in [5.74, 6) is 1.08. The standard InChI is InChI=1S/C13H17ClO2/c1-9-7-12(14)8-10(2)13(9)16-6-4-5-11(3)15/h7-8H,4-6H2,1-3H3. The lowest BCUT2D eigenvalue weighted by Gasteiger charge is -2.12. The summed E-state index contributed by atoms with van der Waals surface area (Å²) >= 11 is 5.92. The maximum atomic E-state index is 10.8. The van der Waals surface area contributed by atoms with E-state index in [9.17, 15) is 4.79 Å². The summed E-state index contributed by atoms with van der Waals surface area (Å²) in [7, 11) is 0. The highest BCUT2D eigenvalue weighted by Gasteiger charge is 2.05. The van der Waals surface area contributed by atoms with Crippen LogP contribution in [0, 0.1) is 13.8 Å². The molecule has 0 saturated carbocycles. The predicted molar refractivity (Wildman–Crippen MR) is 66.3 cm³/mol. The second kappa shape index (κ2) is 5.90. The van der Waals surface area contributed by atoms with E-state index in [1.165, 1.54) is 0 Å². The summed E-state index contributed by atoms with van der Waals surface area (Å²) in [4.78, 5) is 10.8. The lowest BCUT2D eigenvalue weighted by molar-refractivity contribution is -0.117. The highest BCUT2D eigenvalue weighted by Crippen LogP contribution is 2.27. The molecule has 0 aliphatic heterocycles. The largest absolute Gasteiger partial charge is 0.493 e. The van der Waals surface area contributed by atoms with E-state index in [2.05, 4.69) is 0 Å². The Bertz CT molecular complexity index is 363. The molecule has 0 aromatic heterocycles. The van der Waals surface area contributed by atoms with Crippen LogP contribution in [0.5, 0.6) is 5.75 Å². The SMILES string of the molecule is CC(=O)CCCOc1c(C)cc(Cl)cc1C. The van der Waals surface area contributed by atoms with Gasteiger partial charge in [-0.2, -0.15) is 0 Å². The van der Waals surface area contributed by atoms with E-state index in [1.807, 2.05) is 26.0 Å². The second-order valence-corrected chi connectivity index (χ2v) is 4.46. The summed E-state index contributed by atoms with van der Waals surface area (Å²) < 4.78 is 5.66. The van der Waals surface area contributed by atoms with Gasteiger partial charge in [0.2, 0.25) is 0 Å². The van der Waals surface area contributed by atoms with Crippen LogP contribution in [0.25, 0.3) is 0 Å². The predicted octanol–water partition coefficient (Wildman–Crippen LogP) is 3.70. The quantitative estimate of drug-likeness (QED) is 0.734. The number of Topliss-reactive ketones (excluding diaryl/α,β-unsaturated/α-hetero) is 1. The number of hydrogen-bond donors (Lipinski definition) is 0. The average molecular weight is 241 g/mol. The first kappa shape index (κ1) is 13.0. The topological polar surface area (TPSA) is 26.3 Å². The van der Waals surface area contributed by atoms with Crippen molar-refractivity contribution in [1.29, 1.82) is 0 Å². The summed E-state index contributed by atoms with van der Waals surface area (Å²) in [6.07, 6.45) is 1.34. The van der Waals surface area contributed by atoms with Gasteiger partial charge in [0, 0.05) is 11.4 Å². The number of carbonyl (C=O) groups is 1. The van der Waals surface area contributed by atoms with Gasteiger partial charge in [-0.05, 0) is 50.5 Å². The summed E-state index contributed by atoms with van der Waals surface area (Å²) in [5.41, 5.74) is 2.07. The zero-order valence-corrected chi connectivity index (χ0v) is 10.7. The normalized spacial score (nSPS) is 10.2. The third kappa shape index (κ3) is 3.86. The molecule has 0 radical (unpaired) electrons.